The van der Waals surface area contributed by atoms with Crippen molar-refractivity contribution in [1.29, 1.82) is 0 Å². The topological polar surface area (TPSA) is 105 Å². The molecular weight excluding hydrogens is 384 g/mol. The largest absolute Gasteiger partial charge is 0.377 e. The third-order valence-electron chi connectivity index (χ3n) is 4.91. The fraction of sp³-hybridized carbons (Fsp3) is 0.364. The maximum atomic E-state index is 13.0. The summed E-state index contributed by atoms with van der Waals surface area (Å²) < 4.78 is 0. The van der Waals surface area contributed by atoms with Gasteiger partial charge >= 0.3 is 0 Å². The summed E-state index contributed by atoms with van der Waals surface area (Å²) in [5.41, 5.74) is 2.10. The lowest BCUT2D eigenvalue weighted by molar-refractivity contribution is -0.384. The summed E-state index contributed by atoms with van der Waals surface area (Å²) in [6.07, 6.45) is 2.63. The van der Waals surface area contributed by atoms with Crippen molar-refractivity contribution in [3.63, 3.8) is 0 Å². The van der Waals surface area contributed by atoms with E-state index >= 15 is 0 Å². The highest BCUT2D eigenvalue weighted by Gasteiger charge is 2.27. The standard InChI is InChI=1S/C22H26N4O4/c1-3-12-25(14-21(27)24-18-7-5-4-6-15(18)2)22(28)16-8-11-19(23-17-9-10-17)20(13-16)26(29)30/h4-8,11,13,17,23H,3,9-10,12,14H2,1-2H3,(H,24,27). The van der Waals surface area contributed by atoms with Crippen LogP contribution in [0.15, 0.2) is 42.5 Å². The van der Waals surface area contributed by atoms with Crippen LogP contribution in [0.5, 0.6) is 0 Å². The van der Waals surface area contributed by atoms with Crippen molar-refractivity contribution in [3.05, 3.63) is 63.7 Å². The first-order valence-electron chi connectivity index (χ1n) is 10.1. The van der Waals surface area contributed by atoms with Gasteiger partial charge in [0.1, 0.15) is 12.2 Å². The number of benzene rings is 2. The smallest absolute Gasteiger partial charge is 0.293 e. The van der Waals surface area contributed by atoms with Crippen LogP contribution in [0.25, 0.3) is 0 Å². The average molecular weight is 410 g/mol. The van der Waals surface area contributed by atoms with E-state index in [0.29, 0.717) is 24.3 Å². The Bertz CT molecular complexity index is 956. The molecule has 0 bridgehead atoms. The van der Waals surface area contributed by atoms with Gasteiger partial charge in [0.05, 0.1) is 4.92 Å². The summed E-state index contributed by atoms with van der Waals surface area (Å²) in [5.74, 6) is -0.717. The number of aryl methyl sites for hydroxylation is 1. The summed E-state index contributed by atoms with van der Waals surface area (Å²) in [7, 11) is 0. The number of amides is 2. The van der Waals surface area contributed by atoms with Crippen molar-refractivity contribution < 1.29 is 14.5 Å². The van der Waals surface area contributed by atoms with Gasteiger partial charge in [-0.1, -0.05) is 25.1 Å². The van der Waals surface area contributed by atoms with E-state index in [-0.39, 0.29) is 29.7 Å². The first-order valence-corrected chi connectivity index (χ1v) is 10.1. The molecule has 0 spiro atoms. The molecule has 0 radical (unpaired) electrons. The number of nitro benzene ring substituents is 1. The molecule has 1 fully saturated rings. The lowest BCUT2D eigenvalue weighted by atomic mass is 10.1. The minimum absolute atomic E-state index is 0.128. The van der Waals surface area contributed by atoms with Crippen molar-refractivity contribution in [1.82, 2.24) is 4.90 Å². The SMILES string of the molecule is CCCN(CC(=O)Nc1ccccc1C)C(=O)c1ccc(NC2CC2)c([N+](=O)[O-])c1. The van der Waals surface area contributed by atoms with Crippen LogP contribution in [0, 0.1) is 17.0 Å². The van der Waals surface area contributed by atoms with Gasteiger partial charge in [-0.3, -0.25) is 19.7 Å². The number of carbonyl (C=O) groups is 2. The normalized spacial score (nSPS) is 12.9. The number of carbonyl (C=O) groups excluding carboxylic acids is 2. The number of hydrogen-bond acceptors (Lipinski definition) is 5. The molecule has 2 aromatic carbocycles. The predicted octanol–water partition coefficient (Wildman–Crippen LogP) is 3.97. The summed E-state index contributed by atoms with van der Waals surface area (Å²) in [6, 6.07) is 12.1. The lowest BCUT2D eigenvalue weighted by Gasteiger charge is -2.22. The Hall–Kier alpha value is -3.42. The third-order valence-corrected chi connectivity index (χ3v) is 4.91. The van der Waals surface area contributed by atoms with Crippen molar-refractivity contribution in [2.24, 2.45) is 0 Å². The van der Waals surface area contributed by atoms with Gasteiger partial charge in [-0.2, -0.15) is 0 Å². The van der Waals surface area contributed by atoms with E-state index in [4.69, 9.17) is 0 Å². The highest BCUT2D eigenvalue weighted by Crippen LogP contribution is 2.31. The molecule has 1 aliphatic carbocycles. The van der Waals surface area contributed by atoms with Gasteiger partial charge in [0, 0.05) is 29.9 Å². The molecule has 30 heavy (non-hydrogen) atoms. The Morgan fingerprint density at radius 3 is 2.53 bits per heavy atom. The molecule has 8 heteroatoms. The molecule has 2 N–H and O–H groups in total. The van der Waals surface area contributed by atoms with Crippen LogP contribution in [0.3, 0.4) is 0 Å². The average Bonchev–Trinajstić information content (AvgIpc) is 3.53. The number of nitro groups is 1. The fourth-order valence-electron chi connectivity index (χ4n) is 3.17. The maximum absolute atomic E-state index is 13.0. The zero-order valence-electron chi connectivity index (χ0n) is 17.2. The summed E-state index contributed by atoms with van der Waals surface area (Å²) >= 11 is 0. The molecule has 0 heterocycles. The molecule has 2 amide bonds. The number of para-hydroxylation sites is 1. The minimum Gasteiger partial charge on any atom is -0.377 e. The second-order valence-corrected chi connectivity index (χ2v) is 7.50. The second-order valence-electron chi connectivity index (χ2n) is 7.50. The Labute approximate surface area is 175 Å². The van der Waals surface area contributed by atoms with Crippen LogP contribution in [-0.4, -0.2) is 40.8 Å². The van der Waals surface area contributed by atoms with Gasteiger partial charge in [-0.05, 0) is 49.9 Å². The van der Waals surface area contributed by atoms with Crippen molar-refractivity contribution in [3.8, 4) is 0 Å². The maximum Gasteiger partial charge on any atom is 0.293 e. The molecular formula is C22H26N4O4. The Balaban J connectivity index is 1.75. The quantitative estimate of drug-likeness (QED) is 0.481. The van der Waals surface area contributed by atoms with Gasteiger partial charge in [0.15, 0.2) is 0 Å². The molecule has 0 aliphatic heterocycles. The van der Waals surface area contributed by atoms with E-state index in [1.165, 1.54) is 11.0 Å². The minimum atomic E-state index is -0.490. The Kier molecular flexibility index (Phi) is 6.66. The number of hydrogen-bond donors (Lipinski definition) is 2. The monoisotopic (exact) mass is 410 g/mol. The molecule has 1 saturated carbocycles. The summed E-state index contributed by atoms with van der Waals surface area (Å²) in [5, 5.41) is 17.4. The predicted molar refractivity (Wildman–Crippen MR) is 116 cm³/mol. The van der Waals surface area contributed by atoms with Crippen molar-refractivity contribution in [2.45, 2.75) is 39.2 Å². The van der Waals surface area contributed by atoms with Gasteiger partial charge in [0.25, 0.3) is 11.6 Å². The first kappa shape index (κ1) is 21.3. The van der Waals surface area contributed by atoms with Crippen LogP contribution in [0.1, 0.15) is 42.1 Å². The van der Waals surface area contributed by atoms with Crippen molar-refractivity contribution >= 4 is 28.9 Å². The molecule has 0 aromatic heterocycles. The molecule has 0 unspecified atom stereocenters. The van der Waals surface area contributed by atoms with E-state index < -0.39 is 10.8 Å². The summed E-state index contributed by atoms with van der Waals surface area (Å²) in [6.45, 7) is 4.04. The van der Waals surface area contributed by atoms with E-state index in [2.05, 4.69) is 10.6 Å². The first-order chi connectivity index (χ1) is 14.4. The van der Waals surface area contributed by atoms with Gasteiger partial charge in [-0.25, -0.2) is 0 Å². The number of anilines is 2. The van der Waals surface area contributed by atoms with E-state index in [0.717, 1.165) is 18.4 Å². The molecule has 158 valence electrons. The second kappa shape index (κ2) is 9.39. The Morgan fingerprint density at radius 2 is 1.90 bits per heavy atom. The highest BCUT2D eigenvalue weighted by atomic mass is 16.6. The molecule has 1 aliphatic rings. The summed E-state index contributed by atoms with van der Waals surface area (Å²) in [4.78, 5) is 37.9. The number of rotatable bonds is 9. The molecule has 2 aromatic rings. The van der Waals surface area contributed by atoms with E-state index in [1.807, 2.05) is 32.0 Å². The zero-order valence-corrected chi connectivity index (χ0v) is 17.2. The molecule has 0 atom stereocenters. The molecule has 3 rings (SSSR count). The number of nitrogens with one attached hydrogen (secondary N) is 2. The Morgan fingerprint density at radius 1 is 1.17 bits per heavy atom. The van der Waals surface area contributed by atoms with Crippen LogP contribution in [-0.2, 0) is 4.79 Å². The van der Waals surface area contributed by atoms with E-state index in [1.54, 1.807) is 18.2 Å². The third kappa shape index (κ3) is 5.34. The zero-order chi connectivity index (χ0) is 21.7. The fourth-order valence-corrected chi connectivity index (χ4v) is 3.17. The van der Waals surface area contributed by atoms with Crippen LogP contribution < -0.4 is 10.6 Å². The molecule has 0 saturated heterocycles. The lowest BCUT2D eigenvalue weighted by Crippen LogP contribution is -2.38. The van der Waals surface area contributed by atoms with Crippen molar-refractivity contribution in [2.75, 3.05) is 23.7 Å². The highest BCUT2D eigenvalue weighted by molar-refractivity contribution is 6.00. The van der Waals surface area contributed by atoms with E-state index in [9.17, 15) is 19.7 Å². The van der Waals surface area contributed by atoms with Crippen LogP contribution >= 0.6 is 0 Å². The van der Waals surface area contributed by atoms with Gasteiger partial charge < -0.3 is 15.5 Å². The van der Waals surface area contributed by atoms with Crippen LogP contribution in [0.4, 0.5) is 17.1 Å². The van der Waals surface area contributed by atoms with Crippen LogP contribution in [0.2, 0.25) is 0 Å². The van der Waals surface area contributed by atoms with Gasteiger partial charge in [0.2, 0.25) is 5.91 Å². The van der Waals surface area contributed by atoms with Gasteiger partial charge in [-0.15, -0.1) is 0 Å². The molecule has 8 nitrogen and oxygen atoms in total. The number of nitrogens with zero attached hydrogens (tertiary/aromatic N) is 2.